The molecule has 1 aromatic rings. The molecule has 0 fully saturated rings. The number of carbonyl (C=O) groups is 1. The number of Topliss-reactive ketones (excluding diaryl/α,β-unsaturated/α-hetero) is 1. The highest BCUT2D eigenvalue weighted by atomic mass is 16.5. The van der Waals surface area contributed by atoms with Crippen molar-refractivity contribution in [2.45, 2.75) is 12.8 Å². The van der Waals surface area contributed by atoms with Gasteiger partial charge in [-0.3, -0.25) is 4.79 Å². The van der Waals surface area contributed by atoms with E-state index in [2.05, 4.69) is 0 Å². The summed E-state index contributed by atoms with van der Waals surface area (Å²) in [4.78, 5) is 11.5. The molecular formula is C11H10O3. The summed E-state index contributed by atoms with van der Waals surface area (Å²) in [5.41, 5.74) is 1.83. The van der Waals surface area contributed by atoms with Gasteiger partial charge in [-0.05, 0) is 12.1 Å². The molecule has 0 spiro atoms. The Balaban J connectivity index is 2.17. The van der Waals surface area contributed by atoms with E-state index in [-0.39, 0.29) is 5.78 Å². The van der Waals surface area contributed by atoms with Gasteiger partial charge >= 0.3 is 0 Å². The van der Waals surface area contributed by atoms with Crippen LogP contribution in [0.25, 0.3) is 0 Å². The Labute approximate surface area is 81.6 Å². The van der Waals surface area contributed by atoms with Crippen LogP contribution in [-0.4, -0.2) is 19.0 Å². The molecule has 0 aromatic heterocycles. The van der Waals surface area contributed by atoms with Crippen molar-refractivity contribution in [2.24, 2.45) is 0 Å². The second-order valence-electron chi connectivity index (χ2n) is 3.58. The Morgan fingerprint density at radius 3 is 2.71 bits per heavy atom. The van der Waals surface area contributed by atoms with E-state index in [9.17, 15) is 4.79 Å². The number of hydrogen-bond donors (Lipinski definition) is 0. The summed E-state index contributed by atoms with van der Waals surface area (Å²) < 4.78 is 10.8. The summed E-state index contributed by atoms with van der Waals surface area (Å²) >= 11 is 0. The molecule has 0 amide bonds. The Morgan fingerprint density at radius 2 is 1.79 bits per heavy atom. The maximum Gasteiger partial charge on any atom is 0.170 e. The third-order valence-electron chi connectivity index (χ3n) is 2.68. The second-order valence-corrected chi connectivity index (χ2v) is 3.58. The second kappa shape index (κ2) is 2.74. The third kappa shape index (κ3) is 1.02. The quantitative estimate of drug-likeness (QED) is 0.623. The van der Waals surface area contributed by atoms with Crippen molar-refractivity contribution in [1.82, 2.24) is 0 Å². The molecule has 3 heteroatoms. The average Bonchev–Trinajstić information content (AvgIpc) is 2.62. The van der Waals surface area contributed by atoms with Crippen molar-refractivity contribution in [1.29, 1.82) is 0 Å². The number of hydrogen-bond acceptors (Lipinski definition) is 3. The highest BCUT2D eigenvalue weighted by molar-refractivity contribution is 6.00. The van der Waals surface area contributed by atoms with Crippen LogP contribution in [0.2, 0.25) is 0 Å². The van der Waals surface area contributed by atoms with Crippen LogP contribution < -0.4 is 9.47 Å². The lowest BCUT2D eigenvalue weighted by Gasteiger charge is -2.16. The molecule has 2 aliphatic rings. The van der Waals surface area contributed by atoms with Gasteiger partial charge in [-0.15, -0.1) is 0 Å². The lowest BCUT2D eigenvalue weighted by Crippen LogP contribution is -2.15. The summed E-state index contributed by atoms with van der Waals surface area (Å²) in [5, 5.41) is 0. The van der Waals surface area contributed by atoms with E-state index >= 15 is 0 Å². The molecule has 2 heterocycles. The largest absolute Gasteiger partial charge is 0.493 e. The molecule has 0 atom stereocenters. The van der Waals surface area contributed by atoms with E-state index in [1.807, 2.05) is 12.1 Å². The highest BCUT2D eigenvalue weighted by Crippen LogP contribution is 2.35. The standard InChI is InChI=1S/C11H10O3/c12-9-2-4-14-11-5-7-1-3-13-10(7)6-8(9)11/h5-6H,1-4H2. The van der Waals surface area contributed by atoms with Crippen molar-refractivity contribution in [3.63, 3.8) is 0 Å². The van der Waals surface area contributed by atoms with Gasteiger partial charge in [0.15, 0.2) is 5.78 Å². The molecule has 0 aliphatic carbocycles. The molecule has 3 rings (SSSR count). The van der Waals surface area contributed by atoms with Crippen molar-refractivity contribution in [3.8, 4) is 11.5 Å². The van der Waals surface area contributed by atoms with Gasteiger partial charge < -0.3 is 9.47 Å². The first-order chi connectivity index (χ1) is 6.84. The van der Waals surface area contributed by atoms with Gasteiger partial charge in [0.2, 0.25) is 0 Å². The molecule has 0 N–H and O–H groups in total. The number of ether oxygens (including phenoxy) is 2. The zero-order chi connectivity index (χ0) is 9.54. The van der Waals surface area contributed by atoms with E-state index in [1.165, 1.54) is 0 Å². The predicted octanol–water partition coefficient (Wildman–Crippen LogP) is 1.59. The molecular weight excluding hydrogens is 180 g/mol. The van der Waals surface area contributed by atoms with Crippen molar-refractivity contribution in [3.05, 3.63) is 23.3 Å². The summed E-state index contributed by atoms with van der Waals surface area (Å²) in [5.74, 6) is 1.73. The van der Waals surface area contributed by atoms with Crippen molar-refractivity contribution in [2.75, 3.05) is 13.2 Å². The van der Waals surface area contributed by atoms with Gasteiger partial charge in [0.1, 0.15) is 11.5 Å². The molecule has 1 aromatic carbocycles. The topological polar surface area (TPSA) is 35.5 Å². The Hall–Kier alpha value is -1.51. The van der Waals surface area contributed by atoms with Gasteiger partial charge in [0, 0.05) is 18.4 Å². The summed E-state index contributed by atoms with van der Waals surface area (Å²) in [6.07, 6.45) is 1.39. The Bertz CT molecular complexity index is 409. The monoisotopic (exact) mass is 190 g/mol. The van der Waals surface area contributed by atoms with E-state index in [0.29, 0.717) is 25.2 Å². The molecule has 2 aliphatic heterocycles. The van der Waals surface area contributed by atoms with Crippen LogP contribution in [0.3, 0.4) is 0 Å². The molecule has 0 saturated heterocycles. The van der Waals surface area contributed by atoms with Crippen LogP contribution in [0.1, 0.15) is 22.3 Å². The minimum Gasteiger partial charge on any atom is -0.493 e. The zero-order valence-electron chi connectivity index (χ0n) is 7.71. The Morgan fingerprint density at radius 1 is 1.00 bits per heavy atom. The van der Waals surface area contributed by atoms with Gasteiger partial charge in [0.05, 0.1) is 18.8 Å². The summed E-state index contributed by atoms with van der Waals surface area (Å²) in [6, 6.07) is 3.76. The van der Waals surface area contributed by atoms with E-state index in [0.717, 1.165) is 23.5 Å². The summed E-state index contributed by atoms with van der Waals surface area (Å²) in [6.45, 7) is 1.22. The molecule has 0 unspecified atom stereocenters. The minimum absolute atomic E-state index is 0.157. The maximum atomic E-state index is 11.5. The van der Waals surface area contributed by atoms with Crippen LogP contribution in [0.5, 0.6) is 11.5 Å². The van der Waals surface area contributed by atoms with Crippen LogP contribution in [0.15, 0.2) is 12.1 Å². The lowest BCUT2D eigenvalue weighted by molar-refractivity contribution is 0.0933. The normalized spacial score (nSPS) is 18.1. The van der Waals surface area contributed by atoms with Gasteiger partial charge in [-0.25, -0.2) is 0 Å². The lowest BCUT2D eigenvalue weighted by atomic mass is 10.0. The molecule has 3 nitrogen and oxygen atoms in total. The van der Waals surface area contributed by atoms with Crippen LogP contribution in [0, 0.1) is 0 Å². The molecule has 0 bridgehead atoms. The Kier molecular flexibility index (Phi) is 1.54. The fourth-order valence-electron chi connectivity index (χ4n) is 1.93. The zero-order valence-corrected chi connectivity index (χ0v) is 7.71. The van der Waals surface area contributed by atoms with Crippen molar-refractivity contribution < 1.29 is 14.3 Å². The predicted molar refractivity (Wildman–Crippen MR) is 50.1 cm³/mol. The average molecular weight is 190 g/mol. The number of benzene rings is 1. The number of carbonyl (C=O) groups excluding carboxylic acids is 1. The van der Waals surface area contributed by atoms with Gasteiger partial charge in [0.25, 0.3) is 0 Å². The fraction of sp³-hybridized carbons (Fsp3) is 0.364. The van der Waals surface area contributed by atoms with E-state index < -0.39 is 0 Å². The number of ketones is 1. The highest BCUT2D eigenvalue weighted by Gasteiger charge is 2.23. The van der Waals surface area contributed by atoms with Gasteiger partial charge in [-0.2, -0.15) is 0 Å². The molecule has 0 saturated carbocycles. The maximum absolute atomic E-state index is 11.5. The van der Waals surface area contributed by atoms with E-state index in [4.69, 9.17) is 9.47 Å². The number of fused-ring (bicyclic) bond motifs is 2. The number of rotatable bonds is 0. The van der Waals surface area contributed by atoms with Crippen LogP contribution >= 0.6 is 0 Å². The molecule has 14 heavy (non-hydrogen) atoms. The molecule has 0 radical (unpaired) electrons. The molecule has 72 valence electrons. The minimum atomic E-state index is 0.157. The van der Waals surface area contributed by atoms with Gasteiger partial charge in [-0.1, -0.05) is 0 Å². The first kappa shape index (κ1) is 7.85. The van der Waals surface area contributed by atoms with Crippen LogP contribution in [-0.2, 0) is 6.42 Å². The first-order valence-electron chi connectivity index (χ1n) is 4.80. The fourth-order valence-corrected chi connectivity index (χ4v) is 1.93. The summed E-state index contributed by atoms with van der Waals surface area (Å²) in [7, 11) is 0. The van der Waals surface area contributed by atoms with Crippen LogP contribution in [0.4, 0.5) is 0 Å². The SMILES string of the molecule is O=C1CCOc2cc3c(cc21)OCC3. The van der Waals surface area contributed by atoms with Crippen molar-refractivity contribution >= 4 is 5.78 Å². The smallest absolute Gasteiger partial charge is 0.170 e. The first-order valence-corrected chi connectivity index (χ1v) is 4.80. The van der Waals surface area contributed by atoms with E-state index in [1.54, 1.807) is 0 Å². The third-order valence-corrected chi connectivity index (χ3v) is 2.68.